The van der Waals surface area contributed by atoms with Crippen LogP contribution in [-0.4, -0.2) is 16.6 Å². The fraction of sp³-hybridized carbons (Fsp3) is 0.571. The van der Waals surface area contributed by atoms with Gasteiger partial charge in [0.25, 0.3) is 0 Å². The van der Waals surface area contributed by atoms with Crippen molar-refractivity contribution in [3.8, 4) is 11.5 Å². The van der Waals surface area contributed by atoms with Crippen molar-refractivity contribution in [1.29, 1.82) is 0 Å². The Balaban J connectivity index is 2.81. The number of rotatable bonds is 6. The Morgan fingerprint density at radius 1 is 0.576 bits per heavy atom. The average molecular weight is 503 g/mol. The number of hydrogen-bond donors (Lipinski definition) is 0. The summed E-state index contributed by atoms with van der Waals surface area (Å²) in [6, 6.07) is 9.17. The van der Waals surface area contributed by atoms with Gasteiger partial charge in [-0.2, -0.15) is 0 Å². The van der Waals surface area contributed by atoms with Crippen molar-refractivity contribution in [2.45, 2.75) is 115 Å². The molecule has 184 valence electrons. The number of benzene rings is 2. The molecule has 0 heterocycles. The molecule has 0 atom stereocenters. The van der Waals surface area contributed by atoms with Gasteiger partial charge in [-0.05, 0) is 98.3 Å². The van der Waals surface area contributed by atoms with Crippen LogP contribution in [0.3, 0.4) is 0 Å². The van der Waals surface area contributed by atoms with Gasteiger partial charge in [0.1, 0.15) is 11.5 Å². The van der Waals surface area contributed by atoms with Crippen LogP contribution in [0.4, 0.5) is 0 Å². The molecule has 0 saturated carbocycles. The van der Waals surface area contributed by atoms with E-state index in [1.165, 1.54) is 32.0 Å². The third-order valence-electron chi connectivity index (χ3n) is 5.05. The molecule has 2 nitrogen and oxygen atoms in total. The van der Waals surface area contributed by atoms with Crippen LogP contribution in [-0.2, 0) is 10.8 Å². The van der Waals surface area contributed by atoms with Crippen LogP contribution in [0.2, 0.25) is 39.3 Å². The molecule has 2 aromatic carbocycles. The lowest BCUT2D eigenvalue weighted by Crippen LogP contribution is -2.31. The molecule has 0 aromatic heterocycles. The average Bonchev–Trinajstić information content (AvgIpc) is 2.55. The topological polar surface area (TPSA) is 18.5 Å². The summed E-state index contributed by atoms with van der Waals surface area (Å²) in [5, 5.41) is 0. The van der Waals surface area contributed by atoms with E-state index < -0.39 is 16.6 Å². The molecule has 0 aliphatic carbocycles. The molecular weight excluding hydrogens is 457 g/mol. The zero-order chi connectivity index (χ0) is 25.6. The van der Waals surface area contributed by atoms with Gasteiger partial charge >= 0.3 is 0 Å². The second-order valence-electron chi connectivity index (χ2n) is 13.3. The molecule has 2 rings (SSSR count). The predicted octanol–water partition coefficient (Wildman–Crippen LogP) is 9.48. The van der Waals surface area contributed by atoms with Crippen LogP contribution in [0.5, 0.6) is 11.5 Å². The first kappa shape index (κ1) is 28.1. The van der Waals surface area contributed by atoms with E-state index >= 15 is 0 Å². The fourth-order valence-electron chi connectivity index (χ4n) is 3.69. The van der Waals surface area contributed by atoms with Crippen LogP contribution >= 0.6 is 11.8 Å². The third-order valence-corrected chi connectivity index (χ3v) is 7.73. The lowest BCUT2D eigenvalue weighted by molar-refractivity contribution is 0.495. The summed E-state index contributed by atoms with van der Waals surface area (Å²) in [6.45, 7) is 31.6. The van der Waals surface area contributed by atoms with Crippen molar-refractivity contribution in [3.05, 3.63) is 46.5 Å². The minimum Gasteiger partial charge on any atom is -0.543 e. The molecule has 0 fully saturated rings. The Hall–Kier alpha value is -1.18. The second kappa shape index (κ2) is 9.46. The summed E-state index contributed by atoms with van der Waals surface area (Å²) in [7, 11) is -3.63. The van der Waals surface area contributed by atoms with Crippen molar-refractivity contribution < 1.29 is 8.85 Å². The molecule has 2 aromatic rings. The van der Waals surface area contributed by atoms with Crippen molar-refractivity contribution >= 4 is 28.4 Å². The second-order valence-corrected chi connectivity index (χ2v) is 23.3. The minimum atomic E-state index is -1.82. The third kappa shape index (κ3) is 7.93. The first-order valence-electron chi connectivity index (χ1n) is 12.0. The molecule has 0 saturated heterocycles. The summed E-state index contributed by atoms with van der Waals surface area (Å²) < 4.78 is 13.5. The summed E-state index contributed by atoms with van der Waals surface area (Å²) >= 11 is 1.81. The molecular formula is C28H46O2SSi2. The fourth-order valence-corrected chi connectivity index (χ4v) is 6.71. The molecule has 0 bridgehead atoms. The Kier molecular flexibility index (Phi) is 8.05. The normalized spacial score (nSPS) is 13.3. The van der Waals surface area contributed by atoms with Gasteiger partial charge in [-0.25, -0.2) is 0 Å². The van der Waals surface area contributed by atoms with Crippen LogP contribution in [0.15, 0.2) is 34.1 Å². The van der Waals surface area contributed by atoms with Gasteiger partial charge in [0, 0.05) is 0 Å². The molecule has 0 aliphatic heterocycles. The van der Waals surface area contributed by atoms with Crippen LogP contribution in [0.25, 0.3) is 0 Å². The lowest BCUT2D eigenvalue weighted by atomic mass is 9.85. The Morgan fingerprint density at radius 2 is 0.879 bits per heavy atom. The predicted molar refractivity (Wildman–Crippen MR) is 152 cm³/mol. The molecule has 0 radical (unpaired) electrons. The van der Waals surface area contributed by atoms with Gasteiger partial charge in [-0.1, -0.05) is 65.4 Å². The SMILES string of the molecule is Cc1cc(Sc2cc(C)cc(C(C)(C)C)c2O[Si](C)(C)C)c(O[Si](C)(C)C)c(C(C)(C)C)c1. The Labute approximate surface area is 210 Å². The van der Waals surface area contributed by atoms with Gasteiger partial charge in [0.05, 0.1) is 9.79 Å². The molecule has 0 aliphatic rings. The van der Waals surface area contributed by atoms with E-state index in [2.05, 4.69) is 119 Å². The van der Waals surface area contributed by atoms with Crippen molar-refractivity contribution in [3.63, 3.8) is 0 Å². The van der Waals surface area contributed by atoms with Crippen molar-refractivity contribution in [2.24, 2.45) is 0 Å². The first-order chi connectivity index (χ1) is 14.7. The standard InChI is InChI=1S/C28H46O2SSi2/c1-19-15-21(27(3,4)5)25(29-32(9,10)11)23(17-19)31-24-18-20(2)16-22(28(6,7)8)26(24)30-33(12,13)14/h15-18H,1-14H3. The Morgan fingerprint density at radius 3 is 1.12 bits per heavy atom. The van der Waals surface area contributed by atoms with Gasteiger partial charge in [-0.3, -0.25) is 0 Å². The molecule has 0 N–H and O–H groups in total. The van der Waals surface area contributed by atoms with Gasteiger partial charge in [-0.15, -0.1) is 0 Å². The summed E-state index contributed by atoms with van der Waals surface area (Å²) in [5.41, 5.74) is 5.09. The summed E-state index contributed by atoms with van der Waals surface area (Å²) in [6.07, 6.45) is 0. The quantitative estimate of drug-likeness (QED) is 0.366. The van der Waals surface area contributed by atoms with Gasteiger partial charge in [0.15, 0.2) is 0 Å². The van der Waals surface area contributed by atoms with E-state index in [-0.39, 0.29) is 10.8 Å². The lowest BCUT2D eigenvalue weighted by Gasteiger charge is -2.32. The van der Waals surface area contributed by atoms with Crippen molar-refractivity contribution in [2.75, 3.05) is 0 Å². The van der Waals surface area contributed by atoms with E-state index in [9.17, 15) is 0 Å². The van der Waals surface area contributed by atoms with E-state index in [1.54, 1.807) is 11.8 Å². The van der Waals surface area contributed by atoms with Crippen LogP contribution < -0.4 is 8.85 Å². The zero-order valence-corrected chi connectivity index (χ0v) is 26.4. The molecule has 5 heteroatoms. The number of aryl methyl sites for hydroxylation is 2. The highest BCUT2D eigenvalue weighted by molar-refractivity contribution is 7.99. The van der Waals surface area contributed by atoms with E-state index in [0.29, 0.717) is 0 Å². The zero-order valence-electron chi connectivity index (χ0n) is 23.5. The molecule has 0 unspecified atom stereocenters. The van der Waals surface area contributed by atoms with Crippen molar-refractivity contribution in [1.82, 2.24) is 0 Å². The highest BCUT2D eigenvalue weighted by Gasteiger charge is 2.30. The van der Waals surface area contributed by atoms with E-state index in [4.69, 9.17) is 8.85 Å². The Bertz CT molecular complexity index is 920. The summed E-state index contributed by atoms with van der Waals surface area (Å²) in [4.78, 5) is 2.38. The minimum absolute atomic E-state index is 0.00284. The maximum Gasteiger partial charge on any atom is 0.242 e. The largest absolute Gasteiger partial charge is 0.543 e. The molecule has 33 heavy (non-hydrogen) atoms. The highest BCUT2D eigenvalue weighted by atomic mass is 32.2. The molecule has 0 spiro atoms. The van der Waals surface area contributed by atoms with Gasteiger partial charge in [0.2, 0.25) is 16.6 Å². The monoisotopic (exact) mass is 502 g/mol. The maximum atomic E-state index is 6.77. The first-order valence-corrected chi connectivity index (χ1v) is 19.7. The summed E-state index contributed by atoms with van der Waals surface area (Å²) in [5.74, 6) is 2.10. The maximum absolute atomic E-state index is 6.77. The number of hydrogen-bond acceptors (Lipinski definition) is 3. The van der Waals surface area contributed by atoms with Crippen LogP contribution in [0, 0.1) is 13.8 Å². The smallest absolute Gasteiger partial charge is 0.242 e. The highest BCUT2D eigenvalue weighted by Crippen LogP contribution is 2.48. The van der Waals surface area contributed by atoms with E-state index in [1.807, 2.05) is 0 Å². The molecule has 0 amide bonds. The van der Waals surface area contributed by atoms with Crippen LogP contribution in [0.1, 0.15) is 63.8 Å². The van der Waals surface area contributed by atoms with Gasteiger partial charge < -0.3 is 8.85 Å². The van der Waals surface area contributed by atoms with E-state index in [0.717, 1.165) is 11.5 Å².